The summed E-state index contributed by atoms with van der Waals surface area (Å²) >= 11 is 0. The molecule has 4 heteroatoms. The summed E-state index contributed by atoms with van der Waals surface area (Å²) in [7, 11) is 4.11. The fourth-order valence-corrected chi connectivity index (χ4v) is 1.39. The quantitative estimate of drug-likeness (QED) is 0.781. The van der Waals surface area contributed by atoms with Crippen LogP contribution in [0, 0.1) is 0 Å². The first-order chi connectivity index (χ1) is 8.08. The molecule has 0 unspecified atom stereocenters. The van der Waals surface area contributed by atoms with Crippen molar-refractivity contribution in [3.8, 4) is 0 Å². The first kappa shape index (κ1) is 13.5. The van der Waals surface area contributed by atoms with Gasteiger partial charge in [-0.1, -0.05) is 12.1 Å². The molecule has 0 aliphatic rings. The van der Waals surface area contributed by atoms with Gasteiger partial charge in [-0.15, -0.1) is 0 Å². The highest BCUT2D eigenvalue weighted by Gasteiger charge is 1.96. The van der Waals surface area contributed by atoms with Gasteiger partial charge in [-0.05, 0) is 31.8 Å². The van der Waals surface area contributed by atoms with Crippen molar-refractivity contribution in [1.29, 1.82) is 0 Å². The molecular formula is C13H21N3O. The third-order valence-electron chi connectivity index (χ3n) is 2.38. The number of rotatable bonds is 6. The standard InChI is InChI=1S/C13H21N3O/c1-11(17)15-10-12-4-6-13(7-5-12)14-8-9-16(2)3/h4-7,14H,8-10H2,1-3H3,(H,15,17). The van der Waals surface area contributed by atoms with Crippen molar-refractivity contribution in [2.24, 2.45) is 0 Å². The fourth-order valence-electron chi connectivity index (χ4n) is 1.39. The van der Waals surface area contributed by atoms with E-state index >= 15 is 0 Å². The number of hydrogen-bond donors (Lipinski definition) is 2. The maximum Gasteiger partial charge on any atom is 0.217 e. The molecule has 4 nitrogen and oxygen atoms in total. The van der Waals surface area contributed by atoms with Gasteiger partial charge in [0.15, 0.2) is 0 Å². The Hall–Kier alpha value is -1.55. The molecule has 1 aromatic carbocycles. The van der Waals surface area contributed by atoms with Crippen LogP contribution in [-0.2, 0) is 11.3 Å². The monoisotopic (exact) mass is 235 g/mol. The first-order valence-electron chi connectivity index (χ1n) is 5.80. The minimum atomic E-state index is -0.00168. The third kappa shape index (κ3) is 5.92. The molecule has 0 saturated heterocycles. The van der Waals surface area contributed by atoms with Crippen LogP contribution in [0.4, 0.5) is 5.69 Å². The predicted molar refractivity (Wildman–Crippen MR) is 71.0 cm³/mol. The SMILES string of the molecule is CC(=O)NCc1ccc(NCCN(C)C)cc1. The number of nitrogens with zero attached hydrogens (tertiary/aromatic N) is 1. The molecule has 2 N–H and O–H groups in total. The zero-order valence-corrected chi connectivity index (χ0v) is 10.8. The Morgan fingerprint density at radius 1 is 1.24 bits per heavy atom. The van der Waals surface area contributed by atoms with Gasteiger partial charge in [0, 0.05) is 32.2 Å². The molecule has 1 amide bonds. The largest absolute Gasteiger partial charge is 0.384 e. The predicted octanol–water partition coefficient (Wildman–Crippen LogP) is 1.30. The Bertz CT molecular complexity index is 346. The Labute approximate surface area is 103 Å². The van der Waals surface area contributed by atoms with Gasteiger partial charge in [0.1, 0.15) is 0 Å². The van der Waals surface area contributed by atoms with Crippen molar-refractivity contribution < 1.29 is 4.79 Å². The summed E-state index contributed by atoms with van der Waals surface area (Å²) < 4.78 is 0. The van der Waals surface area contributed by atoms with Crippen molar-refractivity contribution >= 4 is 11.6 Å². The second-order valence-electron chi connectivity index (χ2n) is 4.34. The van der Waals surface area contributed by atoms with Gasteiger partial charge >= 0.3 is 0 Å². The maximum absolute atomic E-state index is 10.8. The second kappa shape index (κ2) is 6.91. The van der Waals surface area contributed by atoms with E-state index in [1.807, 2.05) is 24.3 Å². The Morgan fingerprint density at radius 2 is 1.88 bits per heavy atom. The molecule has 1 rings (SSSR count). The molecule has 0 radical (unpaired) electrons. The number of carbonyl (C=O) groups is 1. The second-order valence-corrected chi connectivity index (χ2v) is 4.34. The van der Waals surface area contributed by atoms with Crippen LogP contribution in [0.3, 0.4) is 0 Å². The molecule has 0 bridgehead atoms. The molecule has 0 aromatic heterocycles. The smallest absolute Gasteiger partial charge is 0.217 e. The lowest BCUT2D eigenvalue weighted by molar-refractivity contribution is -0.119. The summed E-state index contributed by atoms with van der Waals surface area (Å²) in [6, 6.07) is 8.11. The highest BCUT2D eigenvalue weighted by molar-refractivity contribution is 5.72. The molecule has 0 aliphatic heterocycles. The average molecular weight is 235 g/mol. The zero-order chi connectivity index (χ0) is 12.7. The van der Waals surface area contributed by atoms with Crippen LogP contribution >= 0.6 is 0 Å². The van der Waals surface area contributed by atoms with Crippen molar-refractivity contribution in [2.45, 2.75) is 13.5 Å². The van der Waals surface area contributed by atoms with Crippen LogP contribution in [0.1, 0.15) is 12.5 Å². The molecule has 0 fully saturated rings. The maximum atomic E-state index is 10.8. The molecule has 17 heavy (non-hydrogen) atoms. The lowest BCUT2D eigenvalue weighted by Crippen LogP contribution is -2.21. The van der Waals surface area contributed by atoms with Crippen LogP contribution in [0.2, 0.25) is 0 Å². The van der Waals surface area contributed by atoms with Crippen LogP contribution in [0.15, 0.2) is 24.3 Å². The van der Waals surface area contributed by atoms with E-state index < -0.39 is 0 Å². The summed E-state index contributed by atoms with van der Waals surface area (Å²) in [5.74, 6) is -0.00168. The van der Waals surface area contributed by atoms with E-state index in [0.717, 1.165) is 24.3 Å². The number of amides is 1. The van der Waals surface area contributed by atoms with Gasteiger partial charge in [-0.3, -0.25) is 4.79 Å². The lowest BCUT2D eigenvalue weighted by Gasteiger charge is -2.11. The van der Waals surface area contributed by atoms with Crippen molar-refractivity contribution in [1.82, 2.24) is 10.2 Å². The Kier molecular flexibility index (Phi) is 5.49. The first-order valence-corrected chi connectivity index (χ1v) is 5.80. The number of carbonyl (C=O) groups excluding carboxylic acids is 1. The van der Waals surface area contributed by atoms with E-state index in [0.29, 0.717) is 6.54 Å². The van der Waals surface area contributed by atoms with E-state index in [1.165, 1.54) is 6.92 Å². The molecular weight excluding hydrogens is 214 g/mol. The molecule has 1 aromatic rings. The minimum Gasteiger partial charge on any atom is -0.384 e. The van der Waals surface area contributed by atoms with E-state index in [1.54, 1.807) is 0 Å². The van der Waals surface area contributed by atoms with Gasteiger partial charge < -0.3 is 15.5 Å². The molecule has 0 spiro atoms. The van der Waals surface area contributed by atoms with Crippen LogP contribution in [0.5, 0.6) is 0 Å². The molecule has 0 aliphatic carbocycles. The van der Waals surface area contributed by atoms with Gasteiger partial charge in [0.25, 0.3) is 0 Å². The topological polar surface area (TPSA) is 44.4 Å². The van der Waals surface area contributed by atoms with Gasteiger partial charge in [0.05, 0.1) is 0 Å². The summed E-state index contributed by atoms with van der Waals surface area (Å²) in [5.41, 5.74) is 2.22. The highest BCUT2D eigenvalue weighted by Crippen LogP contribution is 2.08. The zero-order valence-electron chi connectivity index (χ0n) is 10.8. The summed E-state index contributed by atoms with van der Waals surface area (Å²) in [4.78, 5) is 12.9. The third-order valence-corrected chi connectivity index (χ3v) is 2.38. The van der Waals surface area contributed by atoms with E-state index in [-0.39, 0.29) is 5.91 Å². The van der Waals surface area contributed by atoms with Gasteiger partial charge in [-0.2, -0.15) is 0 Å². The average Bonchev–Trinajstić information content (AvgIpc) is 2.27. The van der Waals surface area contributed by atoms with Crippen LogP contribution < -0.4 is 10.6 Å². The number of anilines is 1. The number of hydrogen-bond acceptors (Lipinski definition) is 3. The van der Waals surface area contributed by atoms with Crippen molar-refractivity contribution in [2.75, 3.05) is 32.5 Å². The summed E-state index contributed by atoms with van der Waals surface area (Å²) in [6.07, 6.45) is 0. The normalized spacial score (nSPS) is 10.4. The van der Waals surface area contributed by atoms with Gasteiger partial charge in [-0.25, -0.2) is 0 Å². The molecule has 94 valence electrons. The molecule has 0 saturated carbocycles. The van der Waals surface area contributed by atoms with Crippen LogP contribution in [-0.4, -0.2) is 38.0 Å². The van der Waals surface area contributed by atoms with Crippen molar-refractivity contribution in [3.05, 3.63) is 29.8 Å². The summed E-state index contributed by atoms with van der Waals surface area (Å²) in [6.45, 7) is 4.05. The summed E-state index contributed by atoms with van der Waals surface area (Å²) in [5, 5.41) is 6.11. The molecule has 0 heterocycles. The number of likely N-dealkylation sites (N-methyl/N-ethyl adjacent to an activating group) is 1. The lowest BCUT2D eigenvalue weighted by atomic mass is 10.2. The Balaban J connectivity index is 2.36. The fraction of sp³-hybridized carbons (Fsp3) is 0.462. The number of benzene rings is 1. The molecule has 0 atom stereocenters. The van der Waals surface area contributed by atoms with Gasteiger partial charge in [0.2, 0.25) is 5.91 Å². The van der Waals surface area contributed by atoms with E-state index in [2.05, 4.69) is 29.6 Å². The Morgan fingerprint density at radius 3 is 2.41 bits per heavy atom. The van der Waals surface area contributed by atoms with Crippen LogP contribution in [0.25, 0.3) is 0 Å². The van der Waals surface area contributed by atoms with E-state index in [9.17, 15) is 4.79 Å². The minimum absolute atomic E-state index is 0.00168. The van der Waals surface area contributed by atoms with E-state index in [4.69, 9.17) is 0 Å². The van der Waals surface area contributed by atoms with Crippen molar-refractivity contribution in [3.63, 3.8) is 0 Å². The number of nitrogens with one attached hydrogen (secondary N) is 2. The highest BCUT2D eigenvalue weighted by atomic mass is 16.1.